The van der Waals surface area contributed by atoms with Gasteiger partial charge in [0.2, 0.25) is 0 Å². The highest BCUT2D eigenvalue weighted by molar-refractivity contribution is 6.32. The number of methoxy groups -OCH3 is 2. The van der Waals surface area contributed by atoms with Gasteiger partial charge >= 0.3 is 0 Å². The molecule has 0 unspecified atom stereocenters. The summed E-state index contributed by atoms with van der Waals surface area (Å²) in [6, 6.07) is 14.9. The number of allylic oxidation sites excluding steroid dienone is 1. The minimum absolute atomic E-state index is 0.493. The van der Waals surface area contributed by atoms with Crippen LogP contribution in [0.5, 0.6) is 11.5 Å². The molecule has 0 heterocycles. The minimum atomic E-state index is 0.493. The van der Waals surface area contributed by atoms with Gasteiger partial charge in [0.05, 0.1) is 25.9 Å². The van der Waals surface area contributed by atoms with Crippen molar-refractivity contribution in [2.45, 2.75) is 0 Å². The van der Waals surface area contributed by atoms with Crippen molar-refractivity contribution in [3.8, 4) is 17.6 Å². The quantitative estimate of drug-likeness (QED) is 0.620. The lowest BCUT2D eigenvalue weighted by Gasteiger charge is -2.08. The van der Waals surface area contributed by atoms with Crippen LogP contribution in [0.25, 0.3) is 11.6 Å². The molecule has 3 nitrogen and oxygen atoms in total. The van der Waals surface area contributed by atoms with E-state index in [1.165, 1.54) is 0 Å². The van der Waals surface area contributed by atoms with Gasteiger partial charge in [-0.15, -0.1) is 0 Å². The number of rotatable bonds is 4. The highest BCUT2D eigenvalue weighted by atomic mass is 35.5. The van der Waals surface area contributed by atoms with E-state index in [1.54, 1.807) is 32.4 Å². The fourth-order valence-corrected chi connectivity index (χ4v) is 2.20. The van der Waals surface area contributed by atoms with E-state index in [1.807, 2.05) is 30.3 Å². The van der Waals surface area contributed by atoms with Crippen LogP contribution in [0, 0.1) is 11.3 Å². The van der Waals surface area contributed by atoms with Crippen LogP contribution >= 0.6 is 11.6 Å². The molecule has 2 aromatic carbocycles. The Morgan fingerprint density at radius 3 is 2.43 bits per heavy atom. The molecule has 4 heteroatoms. The van der Waals surface area contributed by atoms with Gasteiger partial charge in [-0.2, -0.15) is 5.26 Å². The van der Waals surface area contributed by atoms with Crippen LogP contribution in [0.4, 0.5) is 0 Å². The van der Waals surface area contributed by atoms with Crippen molar-refractivity contribution in [2.75, 3.05) is 14.2 Å². The number of nitriles is 1. The molecule has 0 radical (unpaired) electrons. The van der Waals surface area contributed by atoms with Gasteiger partial charge in [-0.05, 0) is 29.8 Å². The first-order chi connectivity index (χ1) is 10.2. The second kappa shape index (κ2) is 6.83. The SMILES string of the molecule is COc1ccc(C=C(C#N)c2ccccc2Cl)cc1OC. The molecule has 0 aliphatic carbocycles. The lowest BCUT2D eigenvalue weighted by molar-refractivity contribution is 0.355. The number of benzene rings is 2. The molecule has 106 valence electrons. The first-order valence-corrected chi connectivity index (χ1v) is 6.66. The van der Waals surface area contributed by atoms with Crippen molar-refractivity contribution in [3.63, 3.8) is 0 Å². The van der Waals surface area contributed by atoms with Gasteiger partial charge in [-0.25, -0.2) is 0 Å². The molecule has 0 saturated carbocycles. The van der Waals surface area contributed by atoms with Gasteiger partial charge in [0, 0.05) is 10.6 Å². The Balaban J connectivity index is 2.46. The lowest BCUT2D eigenvalue weighted by Crippen LogP contribution is -1.91. The monoisotopic (exact) mass is 299 g/mol. The van der Waals surface area contributed by atoms with Gasteiger partial charge < -0.3 is 9.47 Å². The second-order valence-electron chi connectivity index (χ2n) is 4.26. The fraction of sp³-hybridized carbons (Fsp3) is 0.118. The topological polar surface area (TPSA) is 42.2 Å². The van der Waals surface area contributed by atoms with Crippen molar-refractivity contribution in [3.05, 3.63) is 58.6 Å². The first kappa shape index (κ1) is 15.0. The van der Waals surface area contributed by atoms with Crippen LogP contribution in [0.3, 0.4) is 0 Å². The average molecular weight is 300 g/mol. The van der Waals surface area contributed by atoms with E-state index in [2.05, 4.69) is 6.07 Å². The van der Waals surface area contributed by atoms with Gasteiger partial charge in [0.1, 0.15) is 0 Å². The summed E-state index contributed by atoms with van der Waals surface area (Å²) < 4.78 is 10.5. The lowest BCUT2D eigenvalue weighted by atomic mass is 10.0. The molecule has 0 spiro atoms. The molecule has 0 aliphatic rings. The molecule has 0 amide bonds. The number of halogens is 1. The zero-order valence-corrected chi connectivity index (χ0v) is 12.5. The summed E-state index contributed by atoms with van der Waals surface area (Å²) in [6.45, 7) is 0. The summed E-state index contributed by atoms with van der Waals surface area (Å²) in [5.41, 5.74) is 2.04. The maximum atomic E-state index is 9.36. The van der Waals surface area contributed by atoms with Crippen LogP contribution in [0.2, 0.25) is 5.02 Å². The maximum absolute atomic E-state index is 9.36. The number of hydrogen-bond donors (Lipinski definition) is 0. The summed E-state index contributed by atoms with van der Waals surface area (Å²) in [6.07, 6.45) is 1.77. The van der Waals surface area contributed by atoms with Crippen LogP contribution in [0.15, 0.2) is 42.5 Å². The van der Waals surface area contributed by atoms with Crippen molar-refractivity contribution < 1.29 is 9.47 Å². The Kier molecular flexibility index (Phi) is 4.86. The Morgan fingerprint density at radius 1 is 1.10 bits per heavy atom. The summed E-state index contributed by atoms with van der Waals surface area (Å²) in [4.78, 5) is 0. The molecule has 0 aliphatic heterocycles. The van der Waals surface area contributed by atoms with E-state index in [-0.39, 0.29) is 0 Å². The summed E-state index contributed by atoms with van der Waals surface area (Å²) >= 11 is 6.13. The van der Waals surface area contributed by atoms with Crippen LogP contribution in [-0.2, 0) is 0 Å². The van der Waals surface area contributed by atoms with E-state index in [0.717, 1.165) is 5.56 Å². The first-order valence-electron chi connectivity index (χ1n) is 6.28. The average Bonchev–Trinajstić information content (AvgIpc) is 2.53. The van der Waals surface area contributed by atoms with Gasteiger partial charge in [-0.3, -0.25) is 0 Å². The Morgan fingerprint density at radius 2 is 1.81 bits per heavy atom. The summed E-state index contributed by atoms with van der Waals surface area (Å²) in [5.74, 6) is 1.26. The van der Waals surface area contributed by atoms with Crippen molar-refractivity contribution in [2.24, 2.45) is 0 Å². The molecule has 0 N–H and O–H groups in total. The number of ether oxygens (including phenoxy) is 2. The highest BCUT2D eigenvalue weighted by Crippen LogP contribution is 2.30. The van der Waals surface area contributed by atoms with E-state index in [9.17, 15) is 5.26 Å². The highest BCUT2D eigenvalue weighted by Gasteiger charge is 2.07. The van der Waals surface area contributed by atoms with E-state index in [0.29, 0.717) is 27.7 Å². The molecule has 0 atom stereocenters. The number of hydrogen-bond acceptors (Lipinski definition) is 3. The van der Waals surface area contributed by atoms with E-state index < -0.39 is 0 Å². The van der Waals surface area contributed by atoms with Crippen molar-refractivity contribution >= 4 is 23.3 Å². The maximum Gasteiger partial charge on any atom is 0.161 e. The Bertz CT molecular complexity index is 717. The van der Waals surface area contributed by atoms with Crippen molar-refractivity contribution in [1.82, 2.24) is 0 Å². The predicted molar refractivity (Wildman–Crippen MR) is 84.5 cm³/mol. The molecule has 0 bridgehead atoms. The zero-order chi connectivity index (χ0) is 15.2. The largest absolute Gasteiger partial charge is 0.493 e. The molecular weight excluding hydrogens is 286 g/mol. The normalized spacial score (nSPS) is 10.9. The third-order valence-electron chi connectivity index (χ3n) is 3.00. The summed E-state index contributed by atoms with van der Waals surface area (Å²) in [5, 5.41) is 9.91. The molecule has 0 fully saturated rings. The smallest absolute Gasteiger partial charge is 0.161 e. The molecule has 21 heavy (non-hydrogen) atoms. The third-order valence-corrected chi connectivity index (χ3v) is 3.33. The molecule has 2 rings (SSSR count). The van der Waals surface area contributed by atoms with Crippen LogP contribution < -0.4 is 9.47 Å². The predicted octanol–water partition coefficient (Wildman–Crippen LogP) is 4.42. The standard InChI is InChI=1S/C17H14ClNO2/c1-20-16-8-7-12(10-17(16)21-2)9-13(11-19)14-5-3-4-6-15(14)18/h3-10H,1-2H3. The second-order valence-corrected chi connectivity index (χ2v) is 4.67. The molecular formula is C17H14ClNO2. The third kappa shape index (κ3) is 3.36. The van der Waals surface area contributed by atoms with Gasteiger partial charge in [0.25, 0.3) is 0 Å². The van der Waals surface area contributed by atoms with Gasteiger partial charge in [-0.1, -0.05) is 35.9 Å². The van der Waals surface area contributed by atoms with E-state index in [4.69, 9.17) is 21.1 Å². The van der Waals surface area contributed by atoms with Crippen molar-refractivity contribution in [1.29, 1.82) is 5.26 Å². The van der Waals surface area contributed by atoms with Crippen LogP contribution in [-0.4, -0.2) is 14.2 Å². The minimum Gasteiger partial charge on any atom is -0.493 e. The Labute approximate surface area is 129 Å². The van der Waals surface area contributed by atoms with Gasteiger partial charge in [0.15, 0.2) is 11.5 Å². The molecule has 2 aromatic rings. The Hall–Kier alpha value is -2.44. The zero-order valence-electron chi connectivity index (χ0n) is 11.8. The van der Waals surface area contributed by atoms with Crippen LogP contribution in [0.1, 0.15) is 11.1 Å². The number of nitrogens with zero attached hydrogens (tertiary/aromatic N) is 1. The molecule has 0 aromatic heterocycles. The fourth-order valence-electron chi connectivity index (χ4n) is 1.96. The van der Waals surface area contributed by atoms with E-state index >= 15 is 0 Å². The summed E-state index contributed by atoms with van der Waals surface area (Å²) in [7, 11) is 3.16. The molecule has 0 saturated heterocycles.